The van der Waals surface area contributed by atoms with Gasteiger partial charge in [0.05, 0.1) is 5.92 Å². The summed E-state index contributed by atoms with van der Waals surface area (Å²) in [4.78, 5) is 19.2. The van der Waals surface area contributed by atoms with Crippen molar-refractivity contribution in [1.29, 1.82) is 0 Å². The Labute approximate surface area is 157 Å². The van der Waals surface area contributed by atoms with Crippen molar-refractivity contribution in [3.8, 4) is 0 Å². The fourth-order valence-electron chi connectivity index (χ4n) is 3.33. The highest BCUT2D eigenvalue weighted by Crippen LogP contribution is 2.26. The van der Waals surface area contributed by atoms with Gasteiger partial charge in [0.2, 0.25) is 5.91 Å². The van der Waals surface area contributed by atoms with Gasteiger partial charge in [-0.3, -0.25) is 4.79 Å². The summed E-state index contributed by atoms with van der Waals surface area (Å²) >= 11 is 6.16. The number of oxazole rings is 1. The largest absolute Gasteiger partial charge is 0.423 e. The molecular formula is C20H20ClN3O2. The summed E-state index contributed by atoms with van der Waals surface area (Å²) < 4.78 is 5.85. The first-order valence-corrected chi connectivity index (χ1v) is 9.20. The molecule has 0 saturated carbocycles. The highest BCUT2D eigenvalue weighted by Gasteiger charge is 2.28. The number of hydrogen-bond donors (Lipinski definition) is 1. The molecule has 5 nitrogen and oxygen atoms in total. The lowest BCUT2D eigenvalue weighted by atomic mass is 9.97. The fraction of sp³-hybridized carbons (Fsp3) is 0.300. The van der Waals surface area contributed by atoms with Gasteiger partial charge in [-0.25, -0.2) is 0 Å². The number of anilines is 1. The second-order valence-electron chi connectivity index (χ2n) is 6.56. The molecule has 26 heavy (non-hydrogen) atoms. The molecule has 1 aliphatic heterocycles. The number of piperidine rings is 1. The van der Waals surface area contributed by atoms with Gasteiger partial charge in [0.15, 0.2) is 5.58 Å². The molecule has 2 heterocycles. The Morgan fingerprint density at radius 3 is 2.88 bits per heavy atom. The van der Waals surface area contributed by atoms with Crippen LogP contribution < -0.4 is 10.2 Å². The first-order chi connectivity index (χ1) is 12.7. The molecule has 0 spiro atoms. The molecule has 1 fully saturated rings. The lowest BCUT2D eigenvalue weighted by Gasteiger charge is -2.30. The van der Waals surface area contributed by atoms with Crippen LogP contribution in [-0.4, -0.2) is 24.0 Å². The average Bonchev–Trinajstić information content (AvgIpc) is 3.11. The molecule has 2 aromatic carbocycles. The molecule has 1 saturated heterocycles. The minimum absolute atomic E-state index is 0.0470. The van der Waals surface area contributed by atoms with Crippen LogP contribution in [0.1, 0.15) is 18.4 Å². The van der Waals surface area contributed by atoms with Crippen molar-refractivity contribution < 1.29 is 9.21 Å². The van der Waals surface area contributed by atoms with Crippen LogP contribution in [0.15, 0.2) is 52.9 Å². The van der Waals surface area contributed by atoms with E-state index in [1.165, 1.54) is 0 Å². The fourth-order valence-corrected chi connectivity index (χ4v) is 3.53. The van der Waals surface area contributed by atoms with E-state index in [4.69, 9.17) is 16.0 Å². The van der Waals surface area contributed by atoms with E-state index in [0.717, 1.165) is 36.0 Å². The van der Waals surface area contributed by atoms with E-state index in [-0.39, 0.29) is 11.8 Å². The minimum atomic E-state index is -0.0822. The number of fused-ring (bicyclic) bond motifs is 1. The van der Waals surface area contributed by atoms with Crippen LogP contribution in [0.2, 0.25) is 5.02 Å². The smallest absolute Gasteiger partial charge is 0.298 e. The van der Waals surface area contributed by atoms with Crippen molar-refractivity contribution in [3.63, 3.8) is 0 Å². The third-order valence-corrected chi connectivity index (χ3v) is 5.12. The number of benzene rings is 2. The number of aromatic nitrogens is 1. The van der Waals surface area contributed by atoms with E-state index in [2.05, 4.69) is 15.2 Å². The molecule has 1 amide bonds. The van der Waals surface area contributed by atoms with Gasteiger partial charge < -0.3 is 14.6 Å². The number of nitrogens with zero attached hydrogens (tertiary/aromatic N) is 2. The highest BCUT2D eigenvalue weighted by atomic mass is 35.5. The van der Waals surface area contributed by atoms with Gasteiger partial charge in [-0.2, -0.15) is 4.98 Å². The van der Waals surface area contributed by atoms with E-state index in [0.29, 0.717) is 24.1 Å². The Kier molecular flexibility index (Phi) is 4.80. The number of hydrogen-bond acceptors (Lipinski definition) is 4. The summed E-state index contributed by atoms with van der Waals surface area (Å²) in [6.07, 6.45) is 1.80. The van der Waals surface area contributed by atoms with Crippen molar-refractivity contribution in [1.82, 2.24) is 10.3 Å². The Bertz CT molecular complexity index is 891. The summed E-state index contributed by atoms with van der Waals surface area (Å²) in [5, 5.41) is 3.68. The van der Waals surface area contributed by atoms with Crippen LogP contribution in [0.4, 0.5) is 6.01 Å². The summed E-state index contributed by atoms with van der Waals surface area (Å²) in [5.74, 6) is -0.0352. The molecule has 1 aliphatic rings. The summed E-state index contributed by atoms with van der Waals surface area (Å²) in [5.41, 5.74) is 2.54. The molecule has 0 bridgehead atoms. The number of amides is 1. The van der Waals surface area contributed by atoms with Gasteiger partial charge in [-0.1, -0.05) is 41.9 Å². The Balaban J connectivity index is 1.41. The Morgan fingerprint density at radius 2 is 2.04 bits per heavy atom. The quantitative estimate of drug-likeness (QED) is 0.754. The molecule has 6 heteroatoms. The summed E-state index contributed by atoms with van der Waals surface area (Å²) in [6, 6.07) is 15.9. The predicted octanol–water partition coefficient (Wildman–Crippen LogP) is 4.01. The predicted molar refractivity (Wildman–Crippen MR) is 102 cm³/mol. The molecule has 134 valence electrons. The monoisotopic (exact) mass is 369 g/mol. The maximum absolute atomic E-state index is 12.6. The molecule has 1 aromatic heterocycles. The zero-order valence-corrected chi connectivity index (χ0v) is 15.1. The topological polar surface area (TPSA) is 58.4 Å². The normalized spacial score (nSPS) is 17.4. The van der Waals surface area contributed by atoms with Crippen molar-refractivity contribution >= 4 is 34.6 Å². The molecule has 1 atom stereocenters. The van der Waals surface area contributed by atoms with Gasteiger partial charge in [-0.15, -0.1) is 0 Å². The minimum Gasteiger partial charge on any atom is -0.423 e. The summed E-state index contributed by atoms with van der Waals surface area (Å²) in [7, 11) is 0. The summed E-state index contributed by atoms with van der Waals surface area (Å²) in [6.45, 7) is 1.90. The van der Waals surface area contributed by atoms with Gasteiger partial charge in [0.1, 0.15) is 5.52 Å². The van der Waals surface area contributed by atoms with E-state index in [1.807, 2.05) is 48.5 Å². The maximum Gasteiger partial charge on any atom is 0.298 e. The van der Waals surface area contributed by atoms with Gasteiger partial charge in [-0.05, 0) is 36.6 Å². The van der Waals surface area contributed by atoms with Gasteiger partial charge in [0, 0.05) is 24.7 Å². The first kappa shape index (κ1) is 16.9. The molecule has 0 radical (unpaired) electrons. The van der Waals surface area contributed by atoms with Crippen molar-refractivity contribution in [2.24, 2.45) is 5.92 Å². The van der Waals surface area contributed by atoms with E-state index in [1.54, 1.807) is 0 Å². The number of carbonyl (C=O) groups excluding carboxylic acids is 1. The van der Waals surface area contributed by atoms with Gasteiger partial charge >= 0.3 is 0 Å². The number of nitrogens with one attached hydrogen (secondary N) is 1. The number of para-hydroxylation sites is 2. The van der Waals surface area contributed by atoms with Crippen LogP contribution in [-0.2, 0) is 11.3 Å². The lowest BCUT2D eigenvalue weighted by Crippen LogP contribution is -2.43. The van der Waals surface area contributed by atoms with Crippen LogP contribution in [0.5, 0.6) is 0 Å². The third-order valence-electron chi connectivity index (χ3n) is 4.76. The van der Waals surface area contributed by atoms with Crippen molar-refractivity contribution in [3.05, 3.63) is 59.1 Å². The molecule has 0 unspecified atom stereocenters. The number of rotatable bonds is 4. The van der Waals surface area contributed by atoms with E-state index >= 15 is 0 Å². The van der Waals surface area contributed by atoms with Crippen LogP contribution in [0, 0.1) is 5.92 Å². The molecule has 0 aliphatic carbocycles. The molecular weight excluding hydrogens is 350 g/mol. The molecule has 3 aromatic rings. The highest BCUT2D eigenvalue weighted by molar-refractivity contribution is 6.31. The standard InChI is InChI=1S/C20H20ClN3O2/c21-16-8-2-1-6-14(16)12-22-19(25)15-7-5-11-24(13-15)20-23-17-9-3-4-10-18(17)26-20/h1-4,6,8-10,15H,5,7,11-13H2,(H,22,25)/t15-/m0/s1. The van der Waals surface area contributed by atoms with Crippen LogP contribution in [0.3, 0.4) is 0 Å². The number of halogens is 1. The second-order valence-corrected chi connectivity index (χ2v) is 6.97. The molecule has 1 N–H and O–H groups in total. The Hall–Kier alpha value is -2.53. The Morgan fingerprint density at radius 1 is 1.23 bits per heavy atom. The van der Waals surface area contributed by atoms with E-state index < -0.39 is 0 Å². The van der Waals surface area contributed by atoms with Crippen LogP contribution >= 0.6 is 11.6 Å². The number of carbonyl (C=O) groups is 1. The lowest BCUT2D eigenvalue weighted by molar-refractivity contribution is -0.125. The SMILES string of the molecule is O=C(NCc1ccccc1Cl)[C@H]1CCCN(c2nc3ccccc3o2)C1. The van der Waals surface area contributed by atoms with Gasteiger partial charge in [0.25, 0.3) is 6.01 Å². The van der Waals surface area contributed by atoms with E-state index in [9.17, 15) is 4.79 Å². The zero-order valence-electron chi connectivity index (χ0n) is 14.3. The third kappa shape index (κ3) is 3.53. The maximum atomic E-state index is 12.6. The molecule has 4 rings (SSSR count). The average molecular weight is 370 g/mol. The zero-order chi connectivity index (χ0) is 17.9. The van der Waals surface area contributed by atoms with Crippen molar-refractivity contribution in [2.75, 3.05) is 18.0 Å². The second kappa shape index (κ2) is 7.38. The van der Waals surface area contributed by atoms with Crippen molar-refractivity contribution in [2.45, 2.75) is 19.4 Å². The first-order valence-electron chi connectivity index (χ1n) is 8.82. The van der Waals surface area contributed by atoms with Crippen LogP contribution in [0.25, 0.3) is 11.1 Å².